The van der Waals surface area contributed by atoms with E-state index in [0.29, 0.717) is 32.5 Å². The van der Waals surface area contributed by atoms with Crippen LogP contribution in [0.2, 0.25) is 0 Å². The van der Waals surface area contributed by atoms with Crippen molar-refractivity contribution >= 4 is 11.8 Å². The summed E-state index contributed by atoms with van der Waals surface area (Å²) in [7, 11) is 0. The fourth-order valence-electron chi connectivity index (χ4n) is 2.99. The second-order valence-corrected chi connectivity index (χ2v) is 6.85. The van der Waals surface area contributed by atoms with Gasteiger partial charge in [0, 0.05) is 19.5 Å². The van der Waals surface area contributed by atoms with Crippen molar-refractivity contribution in [2.45, 2.75) is 46.2 Å². The highest BCUT2D eigenvalue weighted by atomic mass is 16.5. The summed E-state index contributed by atoms with van der Waals surface area (Å²) in [5.41, 5.74) is 2.15. The van der Waals surface area contributed by atoms with Gasteiger partial charge >= 0.3 is 0 Å². The molecule has 2 amide bonds. The van der Waals surface area contributed by atoms with Crippen molar-refractivity contribution in [1.29, 1.82) is 0 Å². The van der Waals surface area contributed by atoms with Crippen molar-refractivity contribution in [3.8, 4) is 5.75 Å². The van der Waals surface area contributed by atoms with Gasteiger partial charge in [0.2, 0.25) is 11.8 Å². The smallest absolute Gasteiger partial charge is 0.242 e. The molecule has 0 aliphatic heterocycles. The van der Waals surface area contributed by atoms with Gasteiger partial charge in [-0.1, -0.05) is 48.0 Å². The van der Waals surface area contributed by atoms with Gasteiger partial charge in [0.05, 0.1) is 6.61 Å². The number of ether oxygens (including phenoxy) is 1. The van der Waals surface area contributed by atoms with E-state index in [2.05, 4.69) is 5.32 Å². The molecule has 0 saturated carbocycles. The van der Waals surface area contributed by atoms with Gasteiger partial charge in [-0.15, -0.1) is 0 Å². The Morgan fingerprint density at radius 2 is 1.86 bits per heavy atom. The molecule has 5 nitrogen and oxygen atoms in total. The number of hydrogen-bond donors (Lipinski definition) is 1. The lowest BCUT2D eigenvalue weighted by Crippen LogP contribution is -2.47. The van der Waals surface area contributed by atoms with E-state index in [4.69, 9.17) is 4.74 Å². The van der Waals surface area contributed by atoms with Crippen LogP contribution in [0.3, 0.4) is 0 Å². The number of rotatable bonds is 10. The number of likely N-dealkylation sites (N-methyl/N-ethyl adjacent to an activating group) is 1. The number of hydrogen-bond acceptors (Lipinski definition) is 3. The SMILES string of the molecule is CCNC(=O)[C@@H](C)N(Cc1cccc(C)c1)C(=O)CCCOc1ccccc1. The molecule has 0 aliphatic rings. The van der Waals surface area contributed by atoms with Gasteiger partial charge in [-0.05, 0) is 44.9 Å². The molecule has 5 heteroatoms. The Morgan fingerprint density at radius 1 is 1.11 bits per heavy atom. The molecule has 0 aromatic heterocycles. The Morgan fingerprint density at radius 3 is 2.54 bits per heavy atom. The van der Waals surface area contributed by atoms with Crippen molar-refractivity contribution < 1.29 is 14.3 Å². The molecule has 0 spiro atoms. The van der Waals surface area contributed by atoms with Crippen molar-refractivity contribution in [2.24, 2.45) is 0 Å². The second-order valence-electron chi connectivity index (χ2n) is 6.85. The molecule has 28 heavy (non-hydrogen) atoms. The standard InChI is InChI=1S/C23H30N2O3/c1-4-24-23(27)19(3)25(17-20-11-8-10-18(2)16-20)22(26)14-9-15-28-21-12-6-5-7-13-21/h5-8,10-13,16,19H,4,9,14-15,17H2,1-3H3,(H,24,27)/t19-/m1/s1. The molecule has 2 aromatic rings. The number of carbonyl (C=O) groups excluding carboxylic acids is 2. The van der Waals surface area contributed by atoms with Crippen molar-refractivity contribution in [3.05, 3.63) is 65.7 Å². The summed E-state index contributed by atoms with van der Waals surface area (Å²) >= 11 is 0. The number of nitrogens with one attached hydrogen (secondary N) is 1. The lowest BCUT2D eigenvalue weighted by molar-refractivity contribution is -0.140. The van der Waals surface area contributed by atoms with Gasteiger partial charge in [-0.25, -0.2) is 0 Å². The Balaban J connectivity index is 1.98. The number of nitrogens with zero attached hydrogens (tertiary/aromatic N) is 1. The van der Waals surface area contributed by atoms with E-state index >= 15 is 0 Å². The molecule has 0 saturated heterocycles. The van der Waals surface area contributed by atoms with Crippen LogP contribution in [0.5, 0.6) is 5.75 Å². The first kappa shape index (κ1) is 21.5. The summed E-state index contributed by atoms with van der Waals surface area (Å²) in [6.07, 6.45) is 0.933. The Kier molecular flexibility index (Phi) is 8.53. The molecule has 150 valence electrons. The first-order valence-electron chi connectivity index (χ1n) is 9.81. The summed E-state index contributed by atoms with van der Waals surface area (Å²) in [6, 6.07) is 17.0. The van der Waals surface area contributed by atoms with E-state index in [0.717, 1.165) is 16.9 Å². The fraction of sp³-hybridized carbons (Fsp3) is 0.391. The third kappa shape index (κ3) is 6.72. The zero-order chi connectivity index (χ0) is 20.4. The quantitative estimate of drug-likeness (QED) is 0.637. The van der Waals surface area contributed by atoms with Gasteiger partial charge < -0.3 is 15.0 Å². The summed E-state index contributed by atoms with van der Waals surface area (Å²) in [6.45, 7) is 7.09. The third-order valence-corrected chi connectivity index (χ3v) is 4.50. The maximum absolute atomic E-state index is 12.9. The topological polar surface area (TPSA) is 58.6 Å². The van der Waals surface area contributed by atoms with Crippen LogP contribution in [0, 0.1) is 6.92 Å². The summed E-state index contributed by atoms with van der Waals surface area (Å²) in [5.74, 6) is 0.614. The van der Waals surface area contributed by atoms with E-state index in [1.165, 1.54) is 0 Å². The molecule has 2 rings (SSSR count). The van der Waals surface area contributed by atoms with Crippen LogP contribution >= 0.6 is 0 Å². The molecule has 0 bridgehead atoms. The van der Waals surface area contributed by atoms with Crippen LogP contribution in [0.25, 0.3) is 0 Å². The van der Waals surface area contributed by atoms with Crippen molar-refractivity contribution in [1.82, 2.24) is 10.2 Å². The minimum Gasteiger partial charge on any atom is -0.494 e. The Bertz CT molecular complexity index is 761. The normalized spacial score (nSPS) is 11.5. The van der Waals surface area contributed by atoms with Crippen LogP contribution in [0.15, 0.2) is 54.6 Å². The molecule has 1 N–H and O–H groups in total. The Hall–Kier alpha value is -2.82. The molecule has 1 atom stereocenters. The molecule has 0 radical (unpaired) electrons. The number of amides is 2. The number of para-hydroxylation sites is 1. The predicted molar refractivity (Wildman–Crippen MR) is 111 cm³/mol. The number of carbonyl (C=O) groups is 2. The average Bonchev–Trinajstić information content (AvgIpc) is 2.70. The first-order chi connectivity index (χ1) is 13.5. The van der Waals surface area contributed by atoms with Crippen LogP contribution in [0.1, 0.15) is 37.8 Å². The van der Waals surface area contributed by atoms with E-state index in [1.54, 1.807) is 11.8 Å². The zero-order valence-corrected chi connectivity index (χ0v) is 17.0. The van der Waals surface area contributed by atoms with E-state index < -0.39 is 6.04 Å². The summed E-state index contributed by atoms with van der Waals surface area (Å²) < 4.78 is 5.67. The summed E-state index contributed by atoms with van der Waals surface area (Å²) in [4.78, 5) is 26.9. The Labute approximate surface area is 167 Å². The van der Waals surface area contributed by atoms with Gasteiger partial charge in [-0.2, -0.15) is 0 Å². The van der Waals surface area contributed by atoms with E-state index in [9.17, 15) is 9.59 Å². The predicted octanol–water partition coefficient (Wildman–Crippen LogP) is 3.71. The second kappa shape index (κ2) is 11.1. The monoisotopic (exact) mass is 382 g/mol. The van der Waals surface area contributed by atoms with Gasteiger partial charge in [-0.3, -0.25) is 9.59 Å². The zero-order valence-electron chi connectivity index (χ0n) is 17.0. The molecule has 0 heterocycles. The molecule has 0 aliphatic carbocycles. The maximum atomic E-state index is 12.9. The van der Waals surface area contributed by atoms with Gasteiger partial charge in [0.15, 0.2) is 0 Å². The van der Waals surface area contributed by atoms with E-state index in [-0.39, 0.29) is 11.8 Å². The molecular formula is C23H30N2O3. The molecule has 2 aromatic carbocycles. The lowest BCUT2D eigenvalue weighted by atomic mass is 10.1. The van der Waals surface area contributed by atoms with Gasteiger partial charge in [0.25, 0.3) is 0 Å². The highest BCUT2D eigenvalue weighted by Crippen LogP contribution is 2.14. The van der Waals surface area contributed by atoms with Crippen molar-refractivity contribution in [3.63, 3.8) is 0 Å². The highest BCUT2D eigenvalue weighted by Gasteiger charge is 2.25. The molecular weight excluding hydrogens is 352 g/mol. The van der Waals surface area contributed by atoms with Gasteiger partial charge in [0.1, 0.15) is 11.8 Å². The minimum absolute atomic E-state index is 0.0445. The summed E-state index contributed by atoms with van der Waals surface area (Å²) in [5, 5.41) is 2.81. The molecule has 0 unspecified atom stereocenters. The van der Waals surface area contributed by atoms with Crippen LogP contribution in [-0.2, 0) is 16.1 Å². The average molecular weight is 383 g/mol. The number of aryl methyl sites for hydroxylation is 1. The van der Waals surface area contributed by atoms with E-state index in [1.807, 2.05) is 68.4 Å². The lowest BCUT2D eigenvalue weighted by Gasteiger charge is -2.29. The van der Waals surface area contributed by atoms with Crippen LogP contribution < -0.4 is 10.1 Å². The fourth-order valence-corrected chi connectivity index (χ4v) is 2.99. The maximum Gasteiger partial charge on any atom is 0.242 e. The highest BCUT2D eigenvalue weighted by molar-refractivity contribution is 5.87. The first-order valence-corrected chi connectivity index (χ1v) is 9.81. The van der Waals surface area contributed by atoms with Crippen LogP contribution in [0.4, 0.5) is 0 Å². The van der Waals surface area contributed by atoms with Crippen molar-refractivity contribution in [2.75, 3.05) is 13.2 Å². The minimum atomic E-state index is -0.525. The van der Waals surface area contributed by atoms with Crippen LogP contribution in [-0.4, -0.2) is 35.9 Å². The third-order valence-electron chi connectivity index (χ3n) is 4.50. The molecule has 0 fully saturated rings. The largest absolute Gasteiger partial charge is 0.494 e. The number of benzene rings is 2.